The van der Waals surface area contributed by atoms with Crippen LogP contribution in [0.3, 0.4) is 0 Å². The van der Waals surface area contributed by atoms with Crippen LogP contribution in [0.25, 0.3) is 114 Å². The molecule has 15 aromatic rings. The number of anilines is 3. The average Bonchev–Trinajstić information content (AvgIpc) is 4.44. The van der Waals surface area contributed by atoms with Crippen LogP contribution in [0.4, 0.5) is 17.1 Å². The maximum atomic E-state index is 7.09. The summed E-state index contributed by atoms with van der Waals surface area (Å²) in [6.07, 6.45) is 2.08. The molecule has 0 saturated carbocycles. The number of hydrogen-bond acceptors (Lipinski definition) is 5. The molecule has 370 valence electrons. The molecule has 0 saturated heterocycles. The van der Waals surface area contributed by atoms with E-state index in [2.05, 4.69) is 269 Å². The number of pyridine rings is 1. The van der Waals surface area contributed by atoms with Gasteiger partial charge in [0, 0.05) is 93.0 Å². The summed E-state index contributed by atoms with van der Waals surface area (Å²) >= 11 is 1.77. The van der Waals surface area contributed by atoms with Gasteiger partial charge in [0.15, 0.2) is 0 Å². The standard InChI is InChI=1S/C68H43N6OS.Pt/c1-42-36-66(69-40-52(42)67-60(72-53-24-9-3-18-45(53)46-19-4-10-25-54(46)72)31-17-32-61(67)73-55-26-11-5-20-47(55)48-21-6-12-27-56(48)73)74-57-28-13-7-22-49(57)50-35-34-44(39-62(50)74)75-63-37-43(71-41-70(2)58-29-14-15-30-59(58)71)38-65-68(63)51-23-8-16-33-64(51)76-65;/h3-36,38,40-41H,1-2H3;/q-3;. The average molecular weight is 1190 g/mol. The molecule has 0 atom stereocenters. The van der Waals surface area contributed by atoms with Crippen molar-refractivity contribution in [3.05, 3.63) is 243 Å². The van der Waals surface area contributed by atoms with E-state index in [0.29, 0.717) is 11.5 Å². The van der Waals surface area contributed by atoms with Crippen molar-refractivity contribution >= 4 is 114 Å². The van der Waals surface area contributed by atoms with Gasteiger partial charge in [-0.1, -0.05) is 154 Å². The third-order valence-corrected chi connectivity index (χ3v) is 16.6. The number of benzene rings is 10. The maximum absolute atomic E-state index is 7.09. The first kappa shape index (κ1) is 45.5. The van der Waals surface area contributed by atoms with Crippen molar-refractivity contribution in [2.24, 2.45) is 0 Å². The van der Waals surface area contributed by atoms with E-state index < -0.39 is 0 Å². The van der Waals surface area contributed by atoms with Gasteiger partial charge in [0.2, 0.25) is 0 Å². The summed E-state index contributed by atoms with van der Waals surface area (Å²) in [4.78, 5) is 9.83. The summed E-state index contributed by atoms with van der Waals surface area (Å²) in [5.74, 6) is 2.04. The van der Waals surface area contributed by atoms with E-state index in [-0.39, 0.29) is 21.1 Å². The monoisotopic (exact) mass is 1190 g/mol. The third-order valence-electron chi connectivity index (χ3n) is 15.5. The van der Waals surface area contributed by atoms with Crippen LogP contribution in [-0.2, 0) is 21.1 Å². The number of rotatable bonds is 7. The molecular formula is C68H43N6OPtS-3. The van der Waals surface area contributed by atoms with Gasteiger partial charge in [-0.25, -0.2) is 4.98 Å². The molecule has 10 aromatic carbocycles. The number of fused-ring (bicyclic) bond motifs is 13. The number of thiophene rings is 1. The minimum absolute atomic E-state index is 0. The largest absolute Gasteiger partial charge is 0.508 e. The van der Waals surface area contributed by atoms with Crippen molar-refractivity contribution in [1.29, 1.82) is 0 Å². The number of hydrogen-bond donors (Lipinski definition) is 0. The van der Waals surface area contributed by atoms with Crippen molar-refractivity contribution in [3.8, 4) is 39.8 Å². The first-order valence-corrected chi connectivity index (χ1v) is 26.4. The van der Waals surface area contributed by atoms with Crippen molar-refractivity contribution in [2.45, 2.75) is 6.92 Å². The van der Waals surface area contributed by atoms with Crippen molar-refractivity contribution in [1.82, 2.24) is 18.7 Å². The Labute approximate surface area is 461 Å². The number of para-hydroxylation sites is 7. The van der Waals surface area contributed by atoms with Gasteiger partial charge in [-0.3, -0.25) is 0 Å². The normalized spacial score (nSPS) is 12.6. The second-order valence-corrected chi connectivity index (χ2v) is 20.8. The zero-order valence-electron chi connectivity index (χ0n) is 41.7. The van der Waals surface area contributed by atoms with E-state index in [0.717, 1.165) is 110 Å². The number of nitrogens with zero attached hydrogens (tertiary/aromatic N) is 6. The summed E-state index contributed by atoms with van der Waals surface area (Å²) in [7, 11) is 2.08. The van der Waals surface area contributed by atoms with Gasteiger partial charge in [0.1, 0.15) is 5.82 Å². The molecular weight excluding hydrogens is 1140 g/mol. The molecule has 16 rings (SSSR count). The minimum Gasteiger partial charge on any atom is -0.508 e. The first-order valence-electron chi connectivity index (χ1n) is 25.6. The molecule has 0 aliphatic carbocycles. The molecule has 0 spiro atoms. The molecule has 1 aliphatic rings. The molecule has 0 radical (unpaired) electrons. The molecule has 77 heavy (non-hydrogen) atoms. The molecule has 1 aliphatic heterocycles. The van der Waals surface area contributed by atoms with E-state index >= 15 is 0 Å². The Morgan fingerprint density at radius 1 is 0.481 bits per heavy atom. The summed E-state index contributed by atoms with van der Waals surface area (Å²) in [5, 5.41) is 9.20. The second kappa shape index (κ2) is 17.6. The van der Waals surface area contributed by atoms with Gasteiger partial charge in [-0.15, -0.1) is 29.7 Å². The molecule has 5 aromatic heterocycles. The van der Waals surface area contributed by atoms with Crippen molar-refractivity contribution in [2.75, 3.05) is 16.8 Å². The minimum atomic E-state index is 0. The maximum Gasteiger partial charge on any atom is 0.135 e. The van der Waals surface area contributed by atoms with Crippen LogP contribution < -0.4 is 14.5 Å². The summed E-state index contributed by atoms with van der Waals surface area (Å²) in [5.41, 5.74) is 15.0. The quantitative estimate of drug-likeness (QED) is 0.149. The third kappa shape index (κ3) is 6.82. The fourth-order valence-electron chi connectivity index (χ4n) is 12.1. The van der Waals surface area contributed by atoms with Gasteiger partial charge >= 0.3 is 0 Å². The zero-order chi connectivity index (χ0) is 50.2. The van der Waals surface area contributed by atoms with Crippen LogP contribution in [0.5, 0.6) is 11.5 Å². The van der Waals surface area contributed by atoms with Crippen LogP contribution in [-0.4, -0.2) is 25.7 Å². The molecule has 0 unspecified atom stereocenters. The Morgan fingerprint density at radius 3 is 1.58 bits per heavy atom. The Morgan fingerprint density at radius 2 is 0.987 bits per heavy atom. The Hall–Kier alpha value is -8.94. The molecule has 0 fully saturated rings. The van der Waals surface area contributed by atoms with Gasteiger partial charge in [0.05, 0.1) is 33.4 Å². The van der Waals surface area contributed by atoms with Crippen LogP contribution in [0.2, 0.25) is 0 Å². The van der Waals surface area contributed by atoms with Crippen LogP contribution in [0.15, 0.2) is 219 Å². The van der Waals surface area contributed by atoms with E-state index in [4.69, 9.17) is 9.72 Å². The molecule has 7 nitrogen and oxygen atoms in total. The fourth-order valence-corrected chi connectivity index (χ4v) is 13.3. The number of aromatic nitrogens is 4. The topological polar surface area (TPSA) is 43.4 Å². The zero-order valence-corrected chi connectivity index (χ0v) is 44.8. The molecule has 9 heteroatoms. The SMILES string of the molecule is Cc1cc(-n2c3[c-]c(Oc4[c-]c(N5[CH-]N(C)c6ccccc65)cc5sc6ccccc6c45)ccc3c3ccccc32)ncc1-c1c(-n2c3ccccc3c3ccccc32)cccc1-n1c2ccccc2c2ccccc21.[Pt]. The predicted molar refractivity (Wildman–Crippen MR) is 316 cm³/mol. The first-order chi connectivity index (χ1) is 37.5. The second-order valence-electron chi connectivity index (χ2n) is 19.7. The number of aryl methyl sites for hydroxylation is 1. The van der Waals surface area contributed by atoms with Crippen LogP contribution >= 0.6 is 11.3 Å². The Kier molecular flexibility index (Phi) is 10.4. The Bertz CT molecular complexity index is 4670. The van der Waals surface area contributed by atoms with Crippen LogP contribution in [0.1, 0.15) is 5.56 Å². The van der Waals surface area contributed by atoms with Gasteiger partial charge in [-0.2, -0.15) is 24.1 Å². The fraction of sp³-hybridized carbons (Fsp3) is 0.0294. The van der Waals surface area contributed by atoms with Crippen LogP contribution in [0, 0.1) is 25.7 Å². The summed E-state index contributed by atoms with van der Waals surface area (Å²) in [6.45, 7) is 4.34. The van der Waals surface area contributed by atoms with Gasteiger partial charge in [0.25, 0.3) is 0 Å². The molecule has 0 bridgehead atoms. The van der Waals surface area contributed by atoms with E-state index in [9.17, 15) is 0 Å². The van der Waals surface area contributed by atoms with E-state index in [1.165, 1.54) is 26.2 Å². The van der Waals surface area contributed by atoms with Gasteiger partial charge in [-0.05, 0) is 91.7 Å². The summed E-state index contributed by atoms with van der Waals surface area (Å²) in [6, 6.07) is 83.5. The van der Waals surface area contributed by atoms with Crippen molar-refractivity contribution in [3.63, 3.8) is 0 Å². The predicted octanol–water partition coefficient (Wildman–Crippen LogP) is 17.8. The molecule has 0 amide bonds. The van der Waals surface area contributed by atoms with Gasteiger partial charge < -0.3 is 28.2 Å². The Balaban J connectivity index is 0.00000518. The number of ether oxygens (including phenoxy) is 1. The molecule has 0 N–H and O–H groups in total. The van der Waals surface area contributed by atoms with E-state index in [1.807, 2.05) is 6.07 Å². The summed E-state index contributed by atoms with van der Waals surface area (Å²) < 4.78 is 16.5. The van der Waals surface area contributed by atoms with E-state index in [1.54, 1.807) is 11.3 Å². The smallest absolute Gasteiger partial charge is 0.135 e. The molecule has 6 heterocycles. The van der Waals surface area contributed by atoms with Crippen molar-refractivity contribution < 1.29 is 25.8 Å².